The lowest BCUT2D eigenvalue weighted by atomic mass is 10.1. The molecule has 1 aromatic carbocycles. The normalized spacial score (nSPS) is 17.8. The lowest BCUT2D eigenvalue weighted by Crippen LogP contribution is -2.21. The van der Waals surface area contributed by atoms with Gasteiger partial charge in [-0.15, -0.1) is 0 Å². The molecular formula is C11H10N2OS. The van der Waals surface area contributed by atoms with Gasteiger partial charge in [-0.05, 0) is 36.3 Å². The van der Waals surface area contributed by atoms with E-state index < -0.39 is 0 Å². The largest absolute Gasteiger partial charge is 0.328 e. The van der Waals surface area contributed by atoms with Crippen molar-refractivity contribution in [2.45, 2.75) is 6.92 Å². The van der Waals surface area contributed by atoms with Gasteiger partial charge in [0.15, 0.2) is 5.11 Å². The third kappa shape index (κ3) is 2.05. The molecule has 76 valence electrons. The molecule has 1 aliphatic rings. The molecule has 0 radical (unpaired) electrons. The van der Waals surface area contributed by atoms with Crippen LogP contribution in [0.5, 0.6) is 0 Å². The number of carbonyl (C=O) groups is 1. The molecule has 0 spiro atoms. The summed E-state index contributed by atoms with van der Waals surface area (Å²) in [4.78, 5) is 11.4. The summed E-state index contributed by atoms with van der Waals surface area (Å²) in [5.41, 5.74) is 2.63. The molecule has 4 heteroatoms. The van der Waals surface area contributed by atoms with Gasteiger partial charge in [0.25, 0.3) is 5.91 Å². The fourth-order valence-corrected chi connectivity index (χ4v) is 1.59. The average molecular weight is 218 g/mol. The summed E-state index contributed by atoms with van der Waals surface area (Å²) in [7, 11) is 0. The molecule has 1 fully saturated rings. The summed E-state index contributed by atoms with van der Waals surface area (Å²) in [5, 5.41) is 5.69. The Labute approximate surface area is 93.2 Å². The number of aryl methyl sites for hydroxylation is 1. The second kappa shape index (κ2) is 3.82. The standard InChI is InChI=1S/C11H10N2OS/c1-7-4-2-3-5-8(7)6-9-10(14)13-11(15)12-9/h2-6H,1H3,(H2,12,13,14,15). The number of benzene rings is 1. The predicted molar refractivity (Wildman–Crippen MR) is 63.0 cm³/mol. The third-order valence-corrected chi connectivity index (χ3v) is 2.41. The van der Waals surface area contributed by atoms with Crippen molar-refractivity contribution in [2.75, 3.05) is 0 Å². The highest BCUT2D eigenvalue weighted by atomic mass is 32.1. The molecule has 1 amide bonds. The number of nitrogens with one attached hydrogen (secondary N) is 2. The van der Waals surface area contributed by atoms with Gasteiger partial charge in [-0.3, -0.25) is 10.1 Å². The minimum absolute atomic E-state index is 0.178. The van der Waals surface area contributed by atoms with Gasteiger partial charge in [0.2, 0.25) is 0 Å². The van der Waals surface area contributed by atoms with Crippen molar-refractivity contribution >= 4 is 29.3 Å². The molecule has 0 atom stereocenters. The molecule has 0 bridgehead atoms. The van der Waals surface area contributed by atoms with E-state index in [9.17, 15) is 4.79 Å². The van der Waals surface area contributed by atoms with Crippen LogP contribution in [0.3, 0.4) is 0 Å². The molecule has 2 rings (SSSR count). The van der Waals surface area contributed by atoms with Crippen molar-refractivity contribution < 1.29 is 4.79 Å². The van der Waals surface area contributed by atoms with Crippen molar-refractivity contribution in [3.8, 4) is 0 Å². The van der Waals surface area contributed by atoms with Crippen LogP contribution in [-0.4, -0.2) is 11.0 Å². The Bertz CT molecular complexity index is 465. The SMILES string of the molecule is Cc1ccccc1C=C1NC(=S)NC1=O. The second-order valence-electron chi connectivity index (χ2n) is 3.32. The van der Waals surface area contributed by atoms with Gasteiger partial charge < -0.3 is 5.32 Å². The highest BCUT2D eigenvalue weighted by Gasteiger charge is 2.19. The molecule has 1 saturated heterocycles. The fraction of sp³-hybridized carbons (Fsp3) is 0.0909. The van der Waals surface area contributed by atoms with Crippen LogP contribution in [-0.2, 0) is 4.79 Å². The van der Waals surface area contributed by atoms with Gasteiger partial charge >= 0.3 is 0 Å². The molecule has 1 aliphatic heterocycles. The smallest absolute Gasteiger partial charge is 0.273 e. The van der Waals surface area contributed by atoms with E-state index in [1.807, 2.05) is 31.2 Å². The van der Waals surface area contributed by atoms with E-state index in [2.05, 4.69) is 10.6 Å². The van der Waals surface area contributed by atoms with E-state index in [1.54, 1.807) is 6.08 Å². The molecule has 0 unspecified atom stereocenters. The van der Waals surface area contributed by atoms with Crippen LogP contribution in [0, 0.1) is 6.92 Å². The van der Waals surface area contributed by atoms with Crippen LogP contribution in [0.25, 0.3) is 6.08 Å². The summed E-state index contributed by atoms with van der Waals surface area (Å²) in [6, 6.07) is 7.85. The minimum Gasteiger partial charge on any atom is -0.328 e. The Morgan fingerprint density at radius 2 is 2.00 bits per heavy atom. The molecule has 0 aromatic heterocycles. The van der Waals surface area contributed by atoms with Crippen LogP contribution in [0.4, 0.5) is 0 Å². The molecule has 3 nitrogen and oxygen atoms in total. The predicted octanol–water partition coefficient (Wildman–Crippen LogP) is 1.34. The first-order valence-electron chi connectivity index (χ1n) is 4.56. The van der Waals surface area contributed by atoms with Crippen molar-refractivity contribution in [3.05, 3.63) is 41.1 Å². The Morgan fingerprint density at radius 1 is 1.27 bits per heavy atom. The highest BCUT2D eigenvalue weighted by Crippen LogP contribution is 2.12. The second-order valence-corrected chi connectivity index (χ2v) is 3.73. The van der Waals surface area contributed by atoms with Crippen molar-refractivity contribution in [1.29, 1.82) is 0 Å². The Hall–Kier alpha value is -1.68. The average Bonchev–Trinajstić information content (AvgIpc) is 2.49. The summed E-state index contributed by atoms with van der Waals surface area (Å²) >= 11 is 4.84. The van der Waals surface area contributed by atoms with E-state index in [0.717, 1.165) is 11.1 Å². The maximum atomic E-state index is 11.4. The van der Waals surface area contributed by atoms with Crippen molar-refractivity contribution in [1.82, 2.24) is 10.6 Å². The fourth-order valence-electron chi connectivity index (χ4n) is 1.39. The van der Waals surface area contributed by atoms with Crippen LogP contribution >= 0.6 is 12.2 Å². The van der Waals surface area contributed by atoms with Crippen LogP contribution in [0.15, 0.2) is 30.0 Å². The number of rotatable bonds is 1. The lowest BCUT2D eigenvalue weighted by molar-refractivity contribution is -0.115. The molecule has 2 N–H and O–H groups in total. The Kier molecular flexibility index (Phi) is 2.51. The Morgan fingerprint density at radius 3 is 2.60 bits per heavy atom. The minimum atomic E-state index is -0.178. The first-order chi connectivity index (χ1) is 7.16. The van der Waals surface area contributed by atoms with Gasteiger partial charge in [0.05, 0.1) is 0 Å². The van der Waals surface area contributed by atoms with Crippen molar-refractivity contribution in [3.63, 3.8) is 0 Å². The zero-order valence-corrected chi connectivity index (χ0v) is 9.02. The van der Waals surface area contributed by atoms with Gasteiger partial charge in [-0.1, -0.05) is 24.3 Å². The van der Waals surface area contributed by atoms with Crippen LogP contribution in [0.1, 0.15) is 11.1 Å². The van der Waals surface area contributed by atoms with Crippen LogP contribution < -0.4 is 10.6 Å². The monoisotopic (exact) mass is 218 g/mol. The molecule has 0 saturated carbocycles. The number of amides is 1. The first-order valence-corrected chi connectivity index (χ1v) is 4.97. The van der Waals surface area contributed by atoms with Gasteiger partial charge in [0, 0.05) is 0 Å². The molecular weight excluding hydrogens is 208 g/mol. The number of carbonyl (C=O) groups excluding carboxylic acids is 1. The molecule has 1 aromatic rings. The van der Waals surface area contributed by atoms with Gasteiger partial charge in [-0.25, -0.2) is 0 Å². The van der Waals surface area contributed by atoms with Crippen molar-refractivity contribution in [2.24, 2.45) is 0 Å². The zero-order valence-electron chi connectivity index (χ0n) is 8.20. The quantitative estimate of drug-likeness (QED) is 0.552. The molecule has 0 aliphatic carbocycles. The van der Waals surface area contributed by atoms with Gasteiger partial charge in [-0.2, -0.15) is 0 Å². The van der Waals surface area contributed by atoms with Crippen LogP contribution in [0.2, 0.25) is 0 Å². The maximum Gasteiger partial charge on any atom is 0.273 e. The number of thiocarbonyl (C=S) groups is 1. The topological polar surface area (TPSA) is 41.1 Å². The Balaban J connectivity index is 2.35. The maximum absolute atomic E-state index is 11.4. The molecule has 1 heterocycles. The number of hydrogen-bond acceptors (Lipinski definition) is 2. The van der Waals surface area contributed by atoms with Gasteiger partial charge in [0.1, 0.15) is 5.70 Å². The lowest BCUT2D eigenvalue weighted by Gasteiger charge is -2.00. The zero-order chi connectivity index (χ0) is 10.8. The van der Waals surface area contributed by atoms with E-state index in [0.29, 0.717) is 10.8 Å². The van der Waals surface area contributed by atoms with E-state index in [4.69, 9.17) is 12.2 Å². The highest BCUT2D eigenvalue weighted by molar-refractivity contribution is 7.80. The summed E-state index contributed by atoms with van der Waals surface area (Å²) in [5.74, 6) is -0.178. The number of hydrogen-bond donors (Lipinski definition) is 2. The third-order valence-electron chi connectivity index (χ3n) is 2.21. The summed E-state index contributed by atoms with van der Waals surface area (Å²) in [6.45, 7) is 2.00. The summed E-state index contributed by atoms with van der Waals surface area (Å²) in [6.07, 6.45) is 1.80. The van der Waals surface area contributed by atoms with E-state index in [1.165, 1.54) is 0 Å². The first kappa shape index (κ1) is 9.86. The van der Waals surface area contributed by atoms with E-state index >= 15 is 0 Å². The van der Waals surface area contributed by atoms with E-state index in [-0.39, 0.29) is 5.91 Å². The molecule has 15 heavy (non-hydrogen) atoms. The summed E-state index contributed by atoms with van der Waals surface area (Å²) < 4.78 is 0.